The Labute approximate surface area is 149 Å². The fraction of sp³-hybridized carbons (Fsp3) is 0.222. The standard InChI is InChI=1S/C18H14Cl2N2O2/c19-15-5-3-12(10-16(15)20)17-6-4-14(24-17)9-13(11-21)18(23)22-7-1-2-8-22/h3-6,9-10H,1-2,7-8H2/b13-9+. The molecule has 4 nitrogen and oxygen atoms in total. The third kappa shape index (κ3) is 3.48. The number of nitrogens with zero attached hydrogens (tertiary/aromatic N) is 2. The normalized spacial score (nSPS) is 14.7. The summed E-state index contributed by atoms with van der Waals surface area (Å²) in [6, 6.07) is 10.6. The van der Waals surface area contributed by atoms with Crippen LogP contribution in [0.3, 0.4) is 0 Å². The molecule has 2 aromatic rings. The maximum atomic E-state index is 12.3. The number of carbonyl (C=O) groups excluding carboxylic acids is 1. The van der Waals surface area contributed by atoms with Crippen LogP contribution in [0.2, 0.25) is 10.0 Å². The Hall–Kier alpha value is -2.22. The summed E-state index contributed by atoms with van der Waals surface area (Å²) in [5.74, 6) is 0.786. The molecule has 1 aromatic carbocycles. The van der Waals surface area contributed by atoms with Crippen molar-refractivity contribution in [2.75, 3.05) is 13.1 Å². The summed E-state index contributed by atoms with van der Waals surface area (Å²) in [6.07, 6.45) is 3.43. The molecular formula is C18H14Cl2N2O2. The molecule has 0 N–H and O–H groups in total. The number of amides is 1. The molecule has 1 saturated heterocycles. The number of hydrogen-bond donors (Lipinski definition) is 0. The average molecular weight is 361 g/mol. The molecule has 2 heterocycles. The zero-order valence-corrected chi connectivity index (χ0v) is 14.3. The van der Waals surface area contributed by atoms with Gasteiger partial charge in [-0.2, -0.15) is 5.26 Å². The van der Waals surface area contributed by atoms with Gasteiger partial charge in [-0.25, -0.2) is 0 Å². The van der Waals surface area contributed by atoms with Crippen LogP contribution in [0, 0.1) is 11.3 Å². The van der Waals surface area contributed by atoms with Crippen LogP contribution in [0.15, 0.2) is 40.3 Å². The van der Waals surface area contributed by atoms with Gasteiger partial charge in [0.15, 0.2) is 0 Å². The van der Waals surface area contributed by atoms with Crippen LogP contribution in [0.1, 0.15) is 18.6 Å². The van der Waals surface area contributed by atoms with Gasteiger partial charge in [-0.15, -0.1) is 0 Å². The Balaban J connectivity index is 1.85. The maximum absolute atomic E-state index is 12.3. The molecule has 1 aromatic heterocycles. The first-order valence-corrected chi connectivity index (χ1v) is 8.30. The molecule has 0 unspecified atom stereocenters. The molecule has 1 fully saturated rings. The van der Waals surface area contributed by atoms with Gasteiger partial charge in [-0.3, -0.25) is 4.79 Å². The molecule has 0 atom stereocenters. The highest BCUT2D eigenvalue weighted by atomic mass is 35.5. The second kappa shape index (κ2) is 7.12. The molecule has 1 amide bonds. The summed E-state index contributed by atoms with van der Waals surface area (Å²) >= 11 is 11.9. The summed E-state index contributed by atoms with van der Waals surface area (Å²) in [7, 11) is 0. The molecule has 122 valence electrons. The SMILES string of the molecule is N#C/C(=C\c1ccc(-c2ccc(Cl)c(Cl)c2)o1)C(=O)N1CCCC1. The topological polar surface area (TPSA) is 57.2 Å². The van der Waals surface area contributed by atoms with E-state index in [0.29, 0.717) is 34.7 Å². The van der Waals surface area contributed by atoms with E-state index in [1.807, 2.05) is 6.07 Å². The van der Waals surface area contributed by atoms with Crippen molar-refractivity contribution in [3.8, 4) is 17.4 Å². The van der Waals surface area contributed by atoms with Gasteiger partial charge in [0.2, 0.25) is 0 Å². The monoisotopic (exact) mass is 360 g/mol. The van der Waals surface area contributed by atoms with E-state index in [1.165, 1.54) is 6.08 Å². The van der Waals surface area contributed by atoms with Crippen LogP contribution in [0.25, 0.3) is 17.4 Å². The predicted octanol–water partition coefficient (Wildman–Crippen LogP) is 4.78. The number of halogens is 2. The summed E-state index contributed by atoms with van der Waals surface area (Å²) < 4.78 is 5.71. The van der Waals surface area contributed by atoms with Crippen molar-refractivity contribution < 1.29 is 9.21 Å². The molecule has 24 heavy (non-hydrogen) atoms. The first-order valence-electron chi connectivity index (χ1n) is 7.55. The minimum atomic E-state index is -0.248. The van der Waals surface area contributed by atoms with E-state index in [-0.39, 0.29) is 11.5 Å². The Morgan fingerprint density at radius 1 is 1.17 bits per heavy atom. The molecule has 6 heteroatoms. The number of rotatable bonds is 3. The predicted molar refractivity (Wildman–Crippen MR) is 93.6 cm³/mol. The van der Waals surface area contributed by atoms with Crippen molar-refractivity contribution in [2.45, 2.75) is 12.8 Å². The zero-order valence-electron chi connectivity index (χ0n) is 12.8. The molecule has 1 aliphatic heterocycles. The number of furan rings is 1. The summed E-state index contributed by atoms with van der Waals surface area (Å²) in [4.78, 5) is 14.0. The molecule has 0 saturated carbocycles. The summed E-state index contributed by atoms with van der Waals surface area (Å²) in [5, 5.41) is 10.2. The Bertz CT molecular complexity index is 843. The van der Waals surface area contributed by atoms with Gasteiger partial charge in [-0.05, 0) is 43.2 Å². The van der Waals surface area contributed by atoms with Gasteiger partial charge < -0.3 is 9.32 Å². The molecular weight excluding hydrogens is 347 g/mol. The van der Waals surface area contributed by atoms with Crippen molar-refractivity contribution in [2.24, 2.45) is 0 Å². The molecule has 1 aliphatic rings. The molecule has 0 spiro atoms. The van der Waals surface area contributed by atoms with E-state index >= 15 is 0 Å². The fourth-order valence-corrected chi connectivity index (χ4v) is 2.91. The third-order valence-electron chi connectivity index (χ3n) is 3.86. The average Bonchev–Trinajstić information content (AvgIpc) is 3.26. The number of nitriles is 1. The van der Waals surface area contributed by atoms with E-state index in [9.17, 15) is 10.1 Å². The largest absolute Gasteiger partial charge is 0.457 e. The smallest absolute Gasteiger partial charge is 0.264 e. The first kappa shape index (κ1) is 16.6. The van der Waals surface area contributed by atoms with Crippen molar-refractivity contribution >= 4 is 35.2 Å². The number of hydrogen-bond acceptors (Lipinski definition) is 3. The van der Waals surface area contributed by atoms with Crippen LogP contribution >= 0.6 is 23.2 Å². The van der Waals surface area contributed by atoms with Gasteiger partial charge in [0.25, 0.3) is 5.91 Å². The van der Waals surface area contributed by atoms with E-state index < -0.39 is 0 Å². The lowest BCUT2D eigenvalue weighted by molar-refractivity contribution is -0.125. The highest BCUT2D eigenvalue weighted by Crippen LogP contribution is 2.30. The van der Waals surface area contributed by atoms with E-state index in [0.717, 1.165) is 18.4 Å². The molecule has 0 bridgehead atoms. The summed E-state index contributed by atoms with van der Waals surface area (Å²) in [5.41, 5.74) is 0.848. The number of benzene rings is 1. The minimum Gasteiger partial charge on any atom is -0.457 e. The van der Waals surface area contributed by atoms with Crippen molar-refractivity contribution in [1.82, 2.24) is 4.90 Å². The van der Waals surface area contributed by atoms with Gasteiger partial charge in [0.05, 0.1) is 10.0 Å². The third-order valence-corrected chi connectivity index (χ3v) is 4.60. The van der Waals surface area contributed by atoms with Crippen LogP contribution in [0.5, 0.6) is 0 Å². The second-order valence-electron chi connectivity index (χ2n) is 5.50. The van der Waals surface area contributed by atoms with Crippen molar-refractivity contribution in [1.29, 1.82) is 5.26 Å². The van der Waals surface area contributed by atoms with E-state index in [2.05, 4.69) is 0 Å². The number of likely N-dealkylation sites (tertiary alicyclic amines) is 1. The van der Waals surface area contributed by atoms with Gasteiger partial charge in [0, 0.05) is 24.7 Å². The lowest BCUT2D eigenvalue weighted by atomic mass is 10.2. The minimum absolute atomic E-state index is 0.0759. The molecule has 3 rings (SSSR count). The Morgan fingerprint density at radius 2 is 1.92 bits per heavy atom. The fourth-order valence-electron chi connectivity index (χ4n) is 2.61. The van der Waals surface area contributed by atoms with Crippen LogP contribution in [0.4, 0.5) is 0 Å². The summed E-state index contributed by atoms with van der Waals surface area (Å²) in [6.45, 7) is 1.40. The van der Waals surface area contributed by atoms with Crippen LogP contribution < -0.4 is 0 Å². The lowest BCUT2D eigenvalue weighted by Crippen LogP contribution is -2.28. The van der Waals surface area contributed by atoms with Crippen LogP contribution in [-0.4, -0.2) is 23.9 Å². The Kier molecular flexibility index (Phi) is 4.94. The highest BCUT2D eigenvalue weighted by Gasteiger charge is 2.21. The zero-order chi connectivity index (χ0) is 17.1. The molecule has 0 aliphatic carbocycles. The van der Waals surface area contributed by atoms with Crippen molar-refractivity contribution in [3.05, 3.63) is 51.7 Å². The van der Waals surface area contributed by atoms with Gasteiger partial charge >= 0.3 is 0 Å². The maximum Gasteiger partial charge on any atom is 0.264 e. The van der Waals surface area contributed by atoms with Crippen molar-refractivity contribution in [3.63, 3.8) is 0 Å². The number of carbonyl (C=O) groups is 1. The van der Waals surface area contributed by atoms with Gasteiger partial charge in [-0.1, -0.05) is 23.2 Å². The second-order valence-corrected chi connectivity index (χ2v) is 6.31. The lowest BCUT2D eigenvalue weighted by Gasteiger charge is -2.13. The molecule has 0 radical (unpaired) electrons. The van der Waals surface area contributed by atoms with Gasteiger partial charge in [0.1, 0.15) is 23.2 Å². The van der Waals surface area contributed by atoms with E-state index in [1.54, 1.807) is 35.2 Å². The van der Waals surface area contributed by atoms with E-state index in [4.69, 9.17) is 27.6 Å². The first-order chi connectivity index (χ1) is 11.6. The highest BCUT2D eigenvalue weighted by molar-refractivity contribution is 6.42. The van der Waals surface area contributed by atoms with Crippen LogP contribution in [-0.2, 0) is 4.79 Å². The Morgan fingerprint density at radius 3 is 2.58 bits per heavy atom. The quantitative estimate of drug-likeness (QED) is 0.584.